The number of nitrogens with one attached hydrogen (secondary N) is 2. The number of ether oxygens (including phenoxy) is 1. The molecule has 28 heavy (non-hydrogen) atoms. The highest BCUT2D eigenvalue weighted by Gasteiger charge is 2.07. The summed E-state index contributed by atoms with van der Waals surface area (Å²) in [5, 5.41) is 6.62. The van der Waals surface area contributed by atoms with Gasteiger partial charge in [0, 0.05) is 28.9 Å². The number of rotatable bonds is 8. The maximum Gasteiger partial charge on any atom is 0.243 e. The molecule has 0 aromatic heterocycles. The summed E-state index contributed by atoms with van der Waals surface area (Å²) in [5.74, 6) is 0.632. The number of halogens is 1. The molecule has 144 valence electrons. The van der Waals surface area contributed by atoms with Gasteiger partial charge >= 0.3 is 0 Å². The molecule has 2 N–H and O–H groups in total. The first-order valence-electron chi connectivity index (χ1n) is 9.17. The van der Waals surface area contributed by atoms with Crippen molar-refractivity contribution < 1.29 is 9.53 Å². The van der Waals surface area contributed by atoms with Crippen molar-refractivity contribution in [3.63, 3.8) is 0 Å². The minimum Gasteiger partial charge on any atom is -0.493 e. The summed E-state index contributed by atoms with van der Waals surface area (Å²) in [6.45, 7) is 2.63. The van der Waals surface area contributed by atoms with E-state index in [2.05, 4.69) is 22.8 Å². The summed E-state index contributed by atoms with van der Waals surface area (Å²) in [7, 11) is 0. The Morgan fingerprint density at radius 1 is 1.00 bits per heavy atom. The fourth-order valence-electron chi connectivity index (χ4n) is 2.75. The number of carbonyl (C=O) groups excluding carboxylic acids is 1. The van der Waals surface area contributed by atoms with Gasteiger partial charge in [-0.1, -0.05) is 54.1 Å². The van der Waals surface area contributed by atoms with Crippen molar-refractivity contribution in [1.82, 2.24) is 0 Å². The molecule has 3 aromatic rings. The fourth-order valence-corrected chi connectivity index (χ4v) is 2.92. The number of anilines is 2. The Labute approximate surface area is 170 Å². The summed E-state index contributed by atoms with van der Waals surface area (Å²) >= 11 is 6.09. The van der Waals surface area contributed by atoms with Crippen LogP contribution in [0.15, 0.2) is 72.8 Å². The Bertz CT molecular complexity index is 929. The molecule has 0 aliphatic heterocycles. The van der Waals surface area contributed by atoms with Crippen LogP contribution in [-0.2, 0) is 11.2 Å². The lowest BCUT2D eigenvalue weighted by Crippen LogP contribution is -2.22. The van der Waals surface area contributed by atoms with Crippen LogP contribution >= 0.6 is 11.6 Å². The highest BCUT2D eigenvalue weighted by atomic mass is 35.5. The van der Waals surface area contributed by atoms with Crippen molar-refractivity contribution in [1.29, 1.82) is 0 Å². The molecule has 4 nitrogen and oxygen atoms in total. The zero-order valence-corrected chi connectivity index (χ0v) is 16.5. The Hall–Kier alpha value is -2.98. The average molecular weight is 395 g/mol. The van der Waals surface area contributed by atoms with Gasteiger partial charge in [-0.05, 0) is 42.3 Å². The molecule has 0 saturated heterocycles. The first kappa shape index (κ1) is 19.8. The van der Waals surface area contributed by atoms with Gasteiger partial charge in [-0.3, -0.25) is 4.79 Å². The first-order valence-corrected chi connectivity index (χ1v) is 9.55. The molecule has 0 bridgehead atoms. The Kier molecular flexibility index (Phi) is 6.93. The Morgan fingerprint density at radius 3 is 2.61 bits per heavy atom. The Balaban J connectivity index is 1.48. The van der Waals surface area contributed by atoms with Crippen molar-refractivity contribution in [2.75, 3.05) is 23.8 Å². The quantitative estimate of drug-likeness (QED) is 0.543. The lowest BCUT2D eigenvalue weighted by atomic mass is 10.2. The van der Waals surface area contributed by atoms with E-state index in [0.717, 1.165) is 29.1 Å². The molecule has 0 saturated carbocycles. The molecule has 0 heterocycles. The summed E-state index contributed by atoms with van der Waals surface area (Å²) in [4.78, 5) is 12.2. The molecule has 3 aromatic carbocycles. The zero-order valence-electron chi connectivity index (χ0n) is 15.7. The van der Waals surface area contributed by atoms with Gasteiger partial charge in [-0.15, -0.1) is 0 Å². The minimum atomic E-state index is -0.138. The molecule has 0 unspecified atom stereocenters. The minimum absolute atomic E-state index is 0.138. The van der Waals surface area contributed by atoms with E-state index in [-0.39, 0.29) is 12.5 Å². The van der Waals surface area contributed by atoms with Crippen LogP contribution in [0.1, 0.15) is 11.1 Å². The van der Waals surface area contributed by atoms with Crippen LogP contribution < -0.4 is 15.4 Å². The predicted octanol–water partition coefficient (Wildman–Crippen LogP) is 5.32. The van der Waals surface area contributed by atoms with Gasteiger partial charge in [-0.25, -0.2) is 0 Å². The second-order valence-corrected chi connectivity index (χ2v) is 6.83. The molecule has 5 heteroatoms. The fraction of sp³-hybridized carbons (Fsp3) is 0.174. The standard InChI is InChI=1S/C23H23ClN2O2/c1-17-21(24)11-6-12-22(17)26-23(27)16-25-19-9-5-10-20(15-19)28-14-13-18-7-3-2-4-8-18/h2-12,15,25H,13-14,16H2,1H3,(H,26,27). The van der Waals surface area contributed by atoms with Crippen LogP contribution in [0, 0.1) is 6.92 Å². The molecule has 0 fully saturated rings. The predicted molar refractivity (Wildman–Crippen MR) is 115 cm³/mol. The molecule has 0 atom stereocenters. The van der Waals surface area contributed by atoms with Gasteiger partial charge < -0.3 is 15.4 Å². The van der Waals surface area contributed by atoms with Crippen LogP contribution in [0.4, 0.5) is 11.4 Å². The van der Waals surface area contributed by atoms with Gasteiger partial charge in [0.2, 0.25) is 5.91 Å². The number of hydrogen-bond acceptors (Lipinski definition) is 3. The summed E-state index contributed by atoms with van der Waals surface area (Å²) in [6, 6.07) is 23.3. The average Bonchev–Trinajstić information content (AvgIpc) is 2.71. The van der Waals surface area contributed by atoms with Crippen LogP contribution in [0.5, 0.6) is 5.75 Å². The largest absolute Gasteiger partial charge is 0.493 e. The molecule has 0 aliphatic rings. The summed E-state index contributed by atoms with van der Waals surface area (Å²) < 4.78 is 5.83. The third kappa shape index (κ3) is 5.76. The van der Waals surface area contributed by atoms with Crippen LogP contribution in [0.3, 0.4) is 0 Å². The molecule has 1 amide bonds. The summed E-state index contributed by atoms with van der Waals surface area (Å²) in [5.41, 5.74) is 3.64. The lowest BCUT2D eigenvalue weighted by Gasteiger charge is -2.12. The Morgan fingerprint density at radius 2 is 1.79 bits per heavy atom. The van der Waals surface area contributed by atoms with Crippen molar-refractivity contribution >= 4 is 28.9 Å². The number of hydrogen-bond donors (Lipinski definition) is 2. The van der Waals surface area contributed by atoms with Gasteiger partial charge in [-0.2, -0.15) is 0 Å². The molecule has 3 rings (SSSR count). The van der Waals surface area contributed by atoms with Crippen LogP contribution in [-0.4, -0.2) is 19.1 Å². The van der Waals surface area contributed by atoms with E-state index >= 15 is 0 Å². The smallest absolute Gasteiger partial charge is 0.243 e. The maximum absolute atomic E-state index is 12.2. The van der Waals surface area contributed by atoms with Gasteiger partial charge in [0.15, 0.2) is 0 Å². The topological polar surface area (TPSA) is 50.4 Å². The van der Waals surface area contributed by atoms with Gasteiger partial charge in [0.1, 0.15) is 5.75 Å². The monoisotopic (exact) mass is 394 g/mol. The van der Waals surface area contributed by atoms with Gasteiger partial charge in [0.05, 0.1) is 13.2 Å². The summed E-state index contributed by atoms with van der Waals surface area (Å²) in [6.07, 6.45) is 0.847. The van der Waals surface area contributed by atoms with E-state index in [0.29, 0.717) is 11.6 Å². The van der Waals surface area contributed by atoms with Crippen LogP contribution in [0.2, 0.25) is 5.02 Å². The molecular weight excluding hydrogens is 372 g/mol. The van der Waals surface area contributed by atoms with Crippen molar-refractivity contribution in [2.45, 2.75) is 13.3 Å². The lowest BCUT2D eigenvalue weighted by molar-refractivity contribution is -0.114. The maximum atomic E-state index is 12.2. The second-order valence-electron chi connectivity index (χ2n) is 6.43. The molecule has 0 radical (unpaired) electrons. The third-order valence-corrected chi connectivity index (χ3v) is 4.74. The number of benzene rings is 3. The van der Waals surface area contributed by atoms with Gasteiger partial charge in [0.25, 0.3) is 0 Å². The normalized spacial score (nSPS) is 10.4. The van der Waals surface area contributed by atoms with E-state index in [1.807, 2.05) is 61.5 Å². The van der Waals surface area contributed by atoms with E-state index in [4.69, 9.17) is 16.3 Å². The zero-order chi connectivity index (χ0) is 19.8. The number of amides is 1. The van der Waals surface area contributed by atoms with E-state index < -0.39 is 0 Å². The third-order valence-electron chi connectivity index (χ3n) is 4.33. The van der Waals surface area contributed by atoms with E-state index in [1.165, 1.54) is 5.56 Å². The van der Waals surface area contributed by atoms with Crippen LogP contribution in [0.25, 0.3) is 0 Å². The highest BCUT2D eigenvalue weighted by molar-refractivity contribution is 6.31. The molecule has 0 spiro atoms. The second kappa shape index (κ2) is 9.81. The van der Waals surface area contributed by atoms with Crippen molar-refractivity contribution in [2.24, 2.45) is 0 Å². The van der Waals surface area contributed by atoms with Crippen molar-refractivity contribution in [3.8, 4) is 5.75 Å². The highest BCUT2D eigenvalue weighted by Crippen LogP contribution is 2.23. The number of carbonyl (C=O) groups is 1. The van der Waals surface area contributed by atoms with E-state index in [1.54, 1.807) is 6.07 Å². The molecular formula is C23H23ClN2O2. The first-order chi connectivity index (χ1) is 13.6. The van der Waals surface area contributed by atoms with Crippen molar-refractivity contribution in [3.05, 3.63) is 88.9 Å². The molecule has 0 aliphatic carbocycles. The SMILES string of the molecule is Cc1c(Cl)cccc1NC(=O)CNc1cccc(OCCc2ccccc2)c1. The van der Waals surface area contributed by atoms with E-state index in [9.17, 15) is 4.79 Å².